The summed E-state index contributed by atoms with van der Waals surface area (Å²) >= 11 is 3.30. The largest absolute Gasteiger partial charge is 0.273 e. The summed E-state index contributed by atoms with van der Waals surface area (Å²) < 4.78 is 0.900. The van der Waals surface area contributed by atoms with Crippen molar-refractivity contribution in [1.82, 2.24) is 10.9 Å². The van der Waals surface area contributed by atoms with E-state index in [4.69, 9.17) is 0 Å². The van der Waals surface area contributed by atoms with E-state index in [2.05, 4.69) is 47.6 Å². The molecule has 5 heteroatoms. The number of benzene rings is 1. The highest BCUT2D eigenvalue weighted by atomic mass is 79.9. The predicted octanol–water partition coefficient (Wildman–Crippen LogP) is 3.28. The van der Waals surface area contributed by atoms with E-state index in [1.165, 1.54) is 0 Å². The zero-order valence-electron chi connectivity index (χ0n) is 12.3. The van der Waals surface area contributed by atoms with Gasteiger partial charge in [-0.1, -0.05) is 43.6 Å². The molecule has 0 heterocycles. The molecule has 0 aliphatic heterocycles. The normalized spacial score (nSPS) is 12.7. The Kier molecular flexibility index (Phi) is 5.74. The number of nitrogens with one attached hydrogen (secondary N) is 2. The number of carbonyl (C=O) groups is 2. The summed E-state index contributed by atoms with van der Waals surface area (Å²) in [5, 5.41) is 0. The predicted molar refractivity (Wildman–Crippen MR) is 83.0 cm³/mol. The lowest BCUT2D eigenvalue weighted by Gasteiger charge is -2.26. The van der Waals surface area contributed by atoms with Gasteiger partial charge in [-0.2, -0.15) is 0 Å². The Morgan fingerprint density at radius 1 is 1.15 bits per heavy atom. The highest BCUT2D eigenvalue weighted by Gasteiger charge is 2.22. The van der Waals surface area contributed by atoms with Crippen LogP contribution in [0.25, 0.3) is 0 Å². The molecule has 0 saturated carbocycles. The van der Waals surface area contributed by atoms with Gasteiger partial charge < -0.3 is 0 Å². The van der Waals surface area contributed by atoms with Crippen molar-refractivity contribution in [3.63, 3.8) is 0 Å². The van der Waals surface area contributed by atoms with E-state index in [0.717, 1.165) is 4.47 Å². The van der Waals surface area contributed by atoms with Crippen LogP contribution in [0, 0.1) is 11.3 Å². The van der Waals surface area contributed by atoms with Gasteiger partial charge in [0, 0.05) is 16.5 Å². The van der Waals surface area contributed by atoms with Crippen LogP contribution in [0.5, 0.6) is 0 Å². The Morgan fingerprint density at radius 2 is 1.70 bits per heavy atom. The molecule has 1 unspecified atom stereocenters. The third kappa shape index (κ3) is 5.33. The van der Waals surface area contributed by atoms with Gasteiger partial charge >= 0.3 is 0 Å². The molecule has 1 aromatic carbocycles. The molecule has 0 saturated heterocycles. The van der Waals surface area contributed by atoms with Gasteiger partial charge in [-0.05, 0) is 35.6 Å². The SMILES string of the molecule is CC(CC(=O)NNC(=O)c1ccc(Br)cc1)C(C)(C)C. The Hall–Kier alpha value is -1.36. The van der Waals surface area contributed by atoms with E-state index in [1.807, 2.05) is 6.92 Å². The van der Waals surface area contributed by atoms with Crippen LogP contribution >= 0.6 is 15.9 Å². The molecule has 1 rings (SSSR count). The first-order chi connectivity index (χ1) is 9.20. The van der Waals surface area contributed by atoms with Crippen LogP contribution in [-0.4, -0.2) is 11.8 Å². The summed E-state index contributed by atoms with van der Waals surface area (Å²) in [5.41, 5.74) is 5.43. The van der Waals surface area contributed by atoms with Crippen LogP contribution in [0.3, 0.4) is 0 Å². The lowest BCUT2D eigenvalue weighted by atomic mass is 9.80. The standard InChI is InChI=1S/C15H21BrN2O2/c1-10(15(2,3)4)9-13(19)17-18-14(20)11-5-7-12(16)8-6-11/h5-8,10H,9H2,1-4H3,(H,17,19)(H,18,20). The highest BCUT2D eigenvalue weighted by molar-refractivity contribution is 9.10. The number of hydrogen-bond acceptors (Lipinski definition) is 2. The molecule has 0 radical (unpaired) electrons. The maximum absolute atomic E-state index is 11.8. The molecule has 0 bridgehead atoms. The van der Waals surface area contributed by atoms with Crippen molar-refractivity contribution in [1.29, 1.82) is 0 Å². The number of halogens is 1. The van der Waals surface area contributed by atoms with E-state index in [-0.39, 0.29) is 23.1 Å². The zero-order valence-corrected chi connectivity index (χ0v) is 13.9. The summed E-state index contributed by atoms with van der Waals surface area (Å²) in [7, 11) is 0. The van der Waals surface area contributed by atoms with Gasteiger partial charge in [0.2, 0.25) is 5.91 Å². The van der Waals surface area contributed by atoms with Crippen LogP contribution in [-0.2, 0) is 4.79 Å². The molecule has 0 aliphatic carbocycles. The molecule has 0 fully saturated rings. The van der Waals surface area contributed by atoms with Gasteiger partial charge in [-0.25, -0.2) is 0 Å². The van der Waals surface area contributed by atoms with Crippen molar-refractivity contribution in [3.05, 3.63) is 34.3 Å². The lowest BCUT2D eigenvalue weighted by Crippen LogP contribution is -2.42. The number of hydrazine groups is 1. The van der Waals surface area contributed by atoms with E-state index >= 15 is 0 Å². The van der Waals surface area contributed by atoms with E-state index in [1.54, 1.807) is 24.3 Å². The monoisotopic (exact) mass is 340 g/mol. The minimum Gasteiger partial charge on any atom is -0.273 e. The third-order valence-corrected chi connectivity index (χ3v) is 3.92. The van der Waals surface area contributed by atoms with Gasteiger partial charge in [0.15, 0.2) is 0 Å². The molecule has 20 heavy (non-hydrogen) atoms. The second kappa shape index (κ2) is 6.88. The van der Waals surface area contributed by atoms with Crippen LogP contribution in [0.15, 0.2) is 28.7 Å². The maximum atomic E-state index is 11.8. The van der Waals surface area contributed by atoms with Gasteiger partial charge in [0.25, 0.3) is 5.91 Å². The number of amides is 2. The van der Waals surface area contributed by atoms with Crippen molar-refractivity contribution in [2.24, 2.45) is 11.3 Å². The molecule has 0 aromatic heterocycles. The number of rotatable bonds is 3. The summed E-state index contributed by atoms with van der Waals surface area (Å²) in [5.74, 6) is -0.278. The Balaban J connectivity index is 2.45. The van der Waals surface area contributed by atoms with E-state index in [0.29, 0.717) is 12.0 Å². The molecule has 110 valence electrons. The second-order valence-corrected chi connectivity index (χ2v) is 6.90. The summed E-state index contributed by atoms with van der Waals surface area (Å²) in [6, 6.07) is 6.92. The smallest absolute Gasteiger partial charge is 0.269 e. The maximum Gasteiger partial charge on any atom is 0.269 e. The Bertz CT molecular complexity index is 478. The van der Waals surface area contributed by atoms with Gasteiger partial charge in [0.05, 0.1) is 0 Å². The third-order valence-electron chi connectivity index (χ3n) is 3.39. The minimum absolute atomic E-state index is 0.0626. The van der Waals surface area contributed by atoms with Crippen LogP contribution < -0.4 is 10.9 Å². The topological polar surface area (TPSA) is 58.2 Å². The molecule has 1 atom stereocenters. The average Bonchev–Trinajstić information content (AvgIpc) is 2.35. The van der Waals surface area contributed by atoms with Crippen molar-refractivity contribution < 1.29 is 9.59 Å². The minimum atomic E-state index is -0.325. The van der Waals surface area contributed by atoms with Crippen LogP contribution in [0.4, 0.5) is 0 Å². The lowest BCUT2D eigenvalue weighted by molar-refractivity contribution is -0.123. The van der Waals surface area contributed by atoms with Gasteiger partial charge in [0.1, 0.15) is 0 Å². The summed E-state index contributed by atoms with van der Waals surface area (Å²) in [4.78, 5) is 23.6. The molecule has 0 spiro atoms. The van der Waals surface area contributed by atoms with E-state index in [9.17, 15) is 9.59 Å². The second-order valence-electron chi connectivity index (χ2n) is 5.98. The average molecular weight is 341 g/mol. The molecular weight excluding hydrogens is 320 g/mol. The van der Waals surface area contributed by atoms with Gasteiger partial charge in [-0.15, -0.1) is 0 Å². The van der Waals surface area contributed by atoms with Crippen LogP contribution in [0.2, 0.25) is 0 Å². The van der Waals surface area contributed by atoms with Crippen molar-refractivity contribution in [2.75, 3.05) is 0 Å². The van der Waals surface area contributed by atoms with Crippen LogP contribution in [0.1, 0.15) is 44.5 Å². The molecule has 0 aliphatic rings. The molecule has 4 nitrogen and oxygen atoms in total. The van der Waals surface area contributed by atoms with Gasteiger partial charge in [-0.3, -0.25) is 20.4 Å². The van der Waals surface area contributed by atoms with Crippen molar-refractivity contribution in [3.8, 4) is 0 Å². The first kappa shape index (κ1) is 16.7. The van der Waals surface area contributed by atoms with Crippen molar-refractivity contribution >= 4 is 27.7 Å². The quantitative estimate of drug-likeness (QED) is 0.829. The number of carbonyl (C=O) groups excluding carboxylic acids is 2. The number of hydrogen-bond donors (Lipinski definition) is 2. The molecular formula is C15H21BrN2O2. The summed E-state index contributed by atoms with van der Waals surface area (Å²) in [6.07, 6.45) is 0.379. The fraction of sp³-hybridized carbons (Fsp3) is 0.467. The first-order valence-electron chi connectivity index (χ1n) is 6.55. The molecule has 2 amide bonds. The van der Waals surface area contributed by atoms with Crippen molar-refractivity contribution in [2.45, 2.75) is 34.1 Å². The fourth-order valence-corrected chi connectivity index (χ4v) is 1.70. The Morgan fingerprint density at radius 3 is 2.20 bits per heavy atom. The Labute approximate surface area is 128 Å². The summed E-state index contributed by atoms with van der Waals surface area (Å²) in [6.45, 7) is 8.29. The van der Waals surface area contributed by atoms with E-state index < -0.39 is 0 Å². The highest BCUT2D eigenvalue weighted by Crippen LogP contribution is 2.27. The molecule has 2 N–H and O–H groups in total. The first-order valence-corrected chi connectivity index (χ1v) is 7.34. The fourth-order valence-electron chi connectivity index (χ4n) is 1.44. The molecule has 1 aromatic rings. The zero-order chi connectivity index (χ0) is 15.3.